The van der Waals surface area contributed by atoms with E-state index in [1.165, 1.54) is 0 Å². The van der Waals surface area contributed by atoms with Crippen molar-refractivity contribution in [3.05, 3.63) is 52.6 Å². The zero-order valence-corrected chi connectivity index (χ0v) is 16.3. The summed E-state index contributed by atoms with van der Waals surface area (Å²) in [6.07, 6.45) is 3.64. The molecule has 0 spiro atoms. The summed E-state index contributed by atoms with van der Waals surface area (Å²) in [4.78, 5) is 29.9. The van der Waals surface area contributed by atoms with Crippen molar-refractivity contribution in [2.24, 2.45) is 0 Å². The van der Waals surface area contributed by atoms with E-state index < -0.39 is 0 Å². The first-order valence-electron chi connectivity index (χ1n) is 9.74. The third-order valence-corrected chi connectivity index (χ3v) is 5.23. The van der Waals surface area contributed by atoms with Crippen molar-refractivity contribution in [2.75, 3.05) is 0 Å². The standard InChI is InChI=1S/C21H28N4O2/c1-4-15(3)23-20(26)18-17-11-7-8-12-25(17)19(24-18)21(27)22-13-16-10-6-5-9-14(16)2/h5-6,9-10,15H,4,7-8,11-13H2,1-3H3,(H,22,27)(H,23,26). The van der Waals surface area contributed by atoms with Gasteiger partial charge in [-0.3, -0.25) is 9.59 Å². The van der Waals surface area contributed by atoms with E-state index in [-0.39, 0.29) is 17.9 Å². The van der Waals surface area contributed by atoms with Gasteiger partial charge in [0, 0.05) is 19.1 Å². The highest BCUT2D eigenvalue weighted by Gasteiger charge is 2.27. The largest absolute Gasteiger partial charge is 0.348 e. The molecule has 27 heavy (non-hydrogen) atoms. The molecule has 0 radical (unpaired) electrons. The maximum atomic E-state index is 12.8. The molecule has 0 saturated heterocycles. The second kappa shape index (κ2) is 8.37. The average molecular weight is 368 g/mol. The summed E-state index contributed by atoms with van der Waals surface area (Å²) in [7, 11) is 0. The molecule has 0 aliphatic carbocycles. The van der Waals surface area contributed by atoms with Crippen LogP contribution in [0, 0.1) is 6.92 Å². The van der Waals surface area contributed by atoms with Crippen molar-refractivity contribution in [1.82, 2.24) is 20.2 Å². The van der Waals surface area contributed by atoms with Gasteiger partial charge in [0.2, 0.25) is 0 Å². The van der Waals surface area contributed by atoms with Gasteiger partial charge in [-0.15, -0.1) is 0 Å². The predicted octanol–water partition coefficient (Wildman–Crippen LogP) is 2.99. The summed E-state index contributed by atoms with van der Waals surface area (Å²) in [6, 6.07) is 8.05. The zero-order valence-electron chi connectivity index (χ0n) is 16.3. The maximum absolute atomic E-state index is 12.8. The van der Waals surface area contributed by atoms with E-state index in [2.05, 4.69) is 15.6 Å². The minimum Gasteiger partial charge on any atom is -0.348 e. The van der Waals surface area contributed by atoms with Crippen molar-refractivity contribution in [3.8, 4) is 0 Å². The first kappa shape index (κ1) is 19.1. The molecule has 6 heteroatoms. The molecule has 3 rings (SSSR count). The highest BCUT2D eigenvalue weighted by atomic mass is 16.2. The van der Waals surface area contributed by atoms with E-state index in [9.17, 15) is 9.59 Å². The van der Waals surface area contributed by atoms with E-state index in [1.807, 2.05) is 49.6 Å². The minimum absolute atomic E-state index is 0.0803. The first-order valence-corrected chi connectivity index (χ1v) is 9.74. The Kier molecular flexibility index (Phi) is 5.94. The molecule has 2 N–H and O–H groups in total. The fraction of sp³-hybridized carbons (Fsp3) is 0.476. The summed E-state index contributed by atoms with van der Waals surface area (Å²) in [5.41, 5.74) is 3.49. The summed E-state index contributed by atoms with van der Waals surface area (Å²) in [5.74, 6) is -0.0791. The van der Waals surface area contributed by atoms with Gasteiger partial charge in [0.15, 0.2) is 5.82 Å². The van der Waals surface area contributed by atoms with Crippen molar-refractivity contribution in [2.45, 2.75) is 65.6 Å². The summed E-state index contributed by atoms with van der Waals surface area (Å²) in [5, 5.41) is 5.92. The van der Waals surface area contributed by atoms with Crippen LogP contribution < -0.4 is 10.6 Å². The Hall–Kier alpha value is -2.63. The van der Waals surface area contributed by atoms with Crippen molar-refractivity contribution >= 4 is 11.8 Å². The molecule has 0 saturated carbocycles. The van der Waals surface area contributed by atoms with Crippen molar-refractivity contribution in [1.29, 1.82) is 0 Å². The number of hydrogen-bond acceptors (Lipinski definition) is 3. The number of amides is 2. The molecular weight excluding hydrogens is 340 g/mol. The molecule has 0 bridgehead atoms. The van der Waals surface area contributed by atoms with Crippen LogP contribution >= 0.6 is 0 Å². The molecule has 1 aliphatic rings. The van der Waals surface area contributed by atoms with Gasteiger partial charge in [-0.2, -0.15) is 0 Å². The smallest absolute Gasteiger partial charge is 0.287 e. The van der Waals surface area contributed by atoms with E-state index in [4.69, 9.17) is 0 Å². The van der Waals surface area contributed by atoms with Gasteiger partial charge >= 0.3 is 0 Å². The van der Waals surface area contributed by atoms with Gasteiger partial charge in [0.25, 0.3) is 11.8 Å². The lowest BCUT2D eigenvalue weighted by molar-refractivity contribution is 0.0932. The predicted molar refractivity (Wildman–Crippen MR) is 105 cm³/mol. The van der Waals surface area contributed by atoms with Gasteiger partial charge in [-0.05, 0) is 50.7 Å². The van der Waals surface area contributed by atoms with Crippen LogP contribution in [0.15, 0.2) is 24.3 Å². The summed E-state index contributed by atoms with van der Waals surface area (Å²) < 4.78 is 1.92. The van der Waals surface area contributed by atoms with Crippen LogP contribution in [0.1, 0.15) is 71.0 Å². The Morgan fingerprint density at radius 1 is 1.22 bits per heavy atom. The number of aromatic nitrogens is 2. The number of fused-ring (bicyclic) bond motifs is 1. The zero-order chi connectivity index (χ0) is 19.4. The molecular formula is C21H28N4O2. The third-order valence-electron chi connectivity index (χ3n) is 5.23. The number of carbonyl (C=O) groups excluding carboxylic acids is 2. The minimum atomic E-state index is -0.232. The quantitative estimate of drug-likeness (QED) is 0.823. The maximum Gasteiger partial charge on any atom is 0.287 e. The Bertz CT molecular complexity index is 841. The van der Waals surface area contributed by atoms with E-state index >= 15 is 0 Å². The summed E-state index contributed by atoms with van der Waals surface area (Å²) in [6.45, 7) is 7.19. The molecule has 1 unspecified atom stereocenters. The van der Waals surface area contributed by atoms with Crippen molar-refractivity contribution in [3.63, 3.8) is 0 Å². The van der Waals surface area contributed by atoms with Crippen molar-refractivity contribution < 1.29 is 9.59 Å². The van der Waals surface area contributed by atoms with E-state index in [1.54, 1.807) is 0 Å². The molecule has 2 aromatic rings. The molecule has 1 aliphatic heterocycles. The summed E-state index contributed by atoms with van der Waals surface area (Å²) >= 11 is 0. The topological polar surface area (TPSA) is 76.0 Å². The highest BCUT2D eigenvalue weighted by molar-refractivity contribution is 5.97. The van der Waals surface area contributed by atoms with Crippen LogP contribution in [-0.2, 0) is 19.5 Å². The number of hydrogen-bond donors (Lipinski definition) is 2. The average Bonchev–Trinajstić information content (AvgIpc) is 3.07. The molecule has 144 valence electrons. The normalized spacial score (nSPS) is 14.3. The molecule has 2 amide bonds. The Balaban J connectivity index is 1.81. The van der Waals surface area contributed by atoms with Gasteiger partial charge in [-0.1, -0.05) is 31.2 Å². The Morgan fingerprint density at radius 3 is 2.74 bits per heavy atom. The first-order chi connectivity index (χ1) is 13.0. The van der Waals surface area contributed by atoms with E-state index in [0.29, 0.717) is 18.1 Å². The van der Waals surface area contributed by atoms with Crippen LogP contribution in [0.4, 0.5) is 0 Å². The molecule has 1 atom stereocenters. The molecule has 2 heterocycles. The Morgan fingerprint density at radius 2 is 2.00 bits per heavy atom. The van der Waals surface area contributed by atoms with Crippen LogP contribution in [-0.4, -0.2) is 27.4 Å². The van der Waals surface area contributed by atoms with Gasteiger partial charge in [-0.25, -0.2) is 4.98 Å². The molecule has 6 nitrogen and oxygen atoms in total. The fourth-order valence-corrected chi connectivity index (χ4v) is 3.36. The number of imidazole rings is 1. The SMILES string of the molecule is CCC(C)NC(=O)c1nc(C(=O)NCc2ccccc2C)n2c1CCCC2. The molecule has 1 aromatic heterocycles. The van der Waals surface area contributed by atoms with E-state index in [0.717, 1.165) is 49.0 Å². The van der Waals surface area contributed by atoms with Gasteiger partial charge in [0.1, 0.15) is 5.69 Å². The monoisotopic (exact) mass is 368 g/mol. The highest BCUT2D eigenvalue weighted by Crippen LogP contribution is 2.21. The number of carbonyl (C=O) groups is 2. The number of nitrogens with one attached hydrogen (secondary N) is 2. The second-order valence-electron chi connectivity index (χ2n) is 7.23. The van der Waals surface area contributed by atoms with Gasteiger partial charge < -0.3 is 15.2 Å². The fourth-order valence-electron chi connectivity index (χ4n) is 3.36. The van der Waals surface area contributed by atoms with Crippen LogP contribution in [0.25, 0.3) is 0 Å². The van der Waals surface area contributed by atoms with Crippen LogP contribution in [0.3, 0.4) is 0 Å². The number of rotatable bonds is 6. The number of aryl methyl sites for hydroxylation is 1. The third kappa shape index (κ3) is 4.21. The second-order valence-corrected chi connectivity index (χ2v) is 7.23. The lowest BCUT2D eigenvalue weighted by atomic mass is 10.1. The number of nitrogens with zero attached hydrogens (tertiary/aromatic N) is 2. The van der Waals surface area contributed by atoms with Crippen LogP contribution in [0.2, 0.25) is 0 Å². The lowest BCUT2D eigenvalue weighted by Crippen LogP contribution is -2.33. The Labute approximate surface area is 160 Å². The lowest BCUT2D eigenvalue weighted by Gasteiger charge is -2.17. The molecule has 0 fully saturated rings. The van der Waals surface area contributed by atoms with Gasteiger partial charge in [0.05, 0.1) is 5.69 Å². The van der Waals surface area contributed by atoms with Crippen LogP contribution in [0.5, 0.6) is 0 Å². The number of benzene rings is 1. The molecule has 1 aromatic carbocycles.